The lowest BCUT2D eigenvalue weighted by molar-refractivity contribution is -0.245. The maximum atomic E-state index is 11.5. The molecule has 0 fully saturated rings. The third-order valence-electron chi connectivity index (χ3n) is 1.59. The summed E-state index contributed by atoms with van der Waals surface area (Å²) in [6, 6.07) is 3.39. The van der Waals surface area contributed by atoms with Crippen molar-refractivity contribution in [3.63, 3.8) is 0 Å². The van der Waals surface area contributed by atoms with Gasteiger partial charge in [-0.1, -0.05) is 11.8 Å². The van der Waals surface area contributed by atoms with Crippen LogP contribution in [0.2, 0.25) is 0 Å². The second kappa shape index (κ2) is 3.18. The molecule has 0 amide bonds. The van der Waals surface area contributed by atoms with Gasteiger partial charge in [-0.05, 0) is 11.6 Å². The Balaban J connectivity index is 2.43. The van der Waals surface area contributed by atoms with Crippen LogP contribution in [-0.4, -0.2) is 17.4 Å². The third-order valence-corrected chi connectivity index (χ3v) is 1.59. The summed E-state index contributed by atoms with van der Waals surface area (Å²) in [5, 5.41) is 11.5. The molecule has 0 atom stereocenters. The molecule has 1 aliphatic rings. The quantitative estimate of drug-likeness (QED) is 0.569. The van der Waals surface area contributed by atoms with Gasteiger partial charge in [0, 0.05) is 24.8 Å². The van der Waals surface area contributed by atoms with Gasteiger partial charge in [-0.15, -0.1) is 0 Å². The van der Waals surface area contributed by atoms with Crippen LogP contribution in [0.5, 0.6) is 0 Å². The fourth-order valence-electron chi connectivity index (χ4n) is 0.985. The van der Waals surface area contributed by atoms with Gasteiger partial charge in [0.25, 0.3) is 0 Å². The van der Waals surface area contributed by atoms with E-state index in [9.17, 15) is 5.11 Å². The molecule has 13 heavy (non-hydrogen) atoms. The summed E-state index contributed by atoms with van der Waals surface area (Å²) in [5.41, 5.74) is 0.508. The molecule has 0 unspecified atom stereocenters. The van der Waals surface area contributed by atoms with Crippen molar-refractivity contribution in [2.24, 2.45) is 9.98 Å². The minimum Gasteiger partial charge on any atom is -0.869 e. The van der Waals surface area contributed by atoms with E-state index < -0.39 is 0 Å². The maximum absolute atomic E-state index is 11.5. The highest BCUT2D eigenvalue weighted by Crippen LogP contribution is 2.14. The average Bonchev–Trinajstić information content (AvgIpc) is 2.71. The van der Waals surface area contributed by atoms with E-state index >= 15 is 0 Å². The first-order valence-corrected chi connectivity index (χ1v) is 3.76. The summed E-state index contributed by atoms with van der Waals surface area (Å²) in [6.45, 7) is 0. The van der Waals surface area contributed by atoms with Crippen molar-refractivity contribution in [3.8, 4) is 0 Å². The van der Waals surface area contributed by atoms with E-state index in [4.69, 9.17) is 0 Å². The SMILES string of the molecule is [O-]C(=C1N=CC=N1)c1cccnc1. The van der Waals surface area contributed by atoms with E-state index in [0.717, 1.165) is 0 Å². The molecule has 4 nitrogen and oxygen atoms in total. The highest BCUT2D eigenvalue weighted by Gasteiger charge is 1.98. The van der Waals surface area contributed by atoms with Crippen LogP contribution in [0.1, 0.15) is 5.56 Å². The summed E-state index contributed by atoms with van der Waals surface area (Å²) in [5.74, 6) is 0.0195. The first-order chi connectivity index (χ1) is 6.38. The Morgan fingerprint density at radius 2 is 2.00 bits per heavy atom. The molecule has 0 saturated carbocycles. The summed E-state index contributed by atoms with van der Waals surface area (Å²) >= 11 is 0. The normalized spacial score (nSPS) is 13.7. The van der Waals surface area contributed by atoms with Crippen LogP contribution in [-0.2, 0) is 0 Å². The maximum Gasteiger partial charge on any atom is 0.144 e. The number of aliphatic imine (C=N–C) groups is 2. The Bertz CT molecular complexity index is 379. The summed E-state index contributed by atoms with van der Waals surface area (Å²) < 4.78 is 0. The predicted octanol–water partition coefficient (Wildman–Crippen LogP) is 0.223. The van der Waals surface area contributed by atoms with E-state index in [1.54, 1.807) is 18.3 Å². The Kier molecular flexibility index (Phi) is 1.88. The van der Waals surface area contributed by atoms with E-state index in [0.29, 0.717) is 5.56 Å². The van der Waals surface area contributed by atoms with Crippen molar-refractivity contribution in [2.45, 2.75) is 0 Å². The first kappa shape index (κ1) is 7.67. The topological polar surface area (TPSA) is 60.7 Å². The zero-order valence-electron chi connectivity index (χ0n) is 6.71. The highest BCUT2D eigenvalue weighted by atomic mass is 16.3. The van der Waals surface area contributed by atoms with Crippen molar-refractivity contribution < 1.29 is 5.11 Å². The van der Waals surface area contributed by atoms with Gasteiger partial charge < -0.3 is 5.11 Å². The fourth-order valence-corrected chi connectivity index (χ4v) is 0.985. The molecule has 0 spiro atoms. The van der Waals surface area contributed by atoms with Crippen LogP contribution in [0.4, 0.5) is 0 Å². The van der Waals surface area contributed by atoms with E-state index in [-0.39, 0.29) is 11.6 Å². The van der Waals surface area contributed by atoms with Crippen LogP contribution >= 0.6 is 0 Å². The zero-order valence-corrected chi connectivity index (χ0v) is 6.71. The minimum atomic E-state index is -0.196. The average molecular weight is 172 g/mol. The molecule has 0 aliphatic carbocycles. The lowest BCUT2D eigenvalue weighted by Gasteiger charge is -2.11. The summed E-state index contributed by atoms with van der Waals surface area (Å²) in [6.07, 6.45) is 6.09. The second-order valence-electron chi connectivity index (χ2n) is 2.45. The molecule has 2 rings (SSSR count). The lowest BCUT2D eigenvalue weighted by atomic mass is 10.2. The molecule has 0 aromatic carbocycles. The van der Waals surface area contributed by atoms with Crippen LogP contribution in [0.15, 0.2) is 40.3 Å². The first-order valence-electron chi connectivity index (χ1n) is 3.76. The molecule has 1 aliphatic heterocycles. The molecule has 0 N–H and O–H groups in total. The molecule has 0 saturated heterocycles. The number of aromatic nitrogens is 1. The summed E-state index contributed by atoms with van der Waals surface area (Å²) in [4.78, 5) is 11.4. The minimum absolute atomic E-state index is 0.196. The highest BCUT2D eigenvalue weighted by molar-refractivity contribution is 6.18. The Labute approximate surface area is 75.0 Å². The monoisotopic (exact) mass is 172 g/mol. The number of hydrogen-bond donors (Lipinski definition) is 0. The van der Waals surface area contributed by atoms with Crippen molar-refractivity contribution in [3.05, 3.63) is 35.9 Å². The van der Waals surface area contributed by atoms with Gasteiger partial charge in [-0.3, -0.25) is 4.98 Å². The van der Waals surface area contributed by atoms with Crippen molar-refractivity contribution >= 4 is 18.2 Å². The molecule has 0 bridgehead atoms. The molecule has 0 radical (unpaired) electrons. The van der Waals surface area contributed by atoms with Crippen LogP contribution in [0.25, 0.3) is 5.76 Å². The molecule has 1 aromatic heterocycles. The fraction of sp³-hybridized carbons (Fsp3) is 0. The van der Waals surface area contributed by atoms with Crippen LogP contribution in [0.3, 0.4) is 0 Å². The van der Waals surface area contributed by atoms with Gasteiger partial charge in [-0.2, -0.15) is 0 Å². The van der Waals surface area contributed by atoms with Gasteiger partial charge in [0.1, 0.15) is 5.82 Å². The Morgan fingerprint density at radius 1 is 1.23 bits per heavy atom. The van der Waals surface area contributed by atoms with Crippen molar-refractivity contribution in [2.75, 3.05) is 0 Å². The van der Waals surface area contributed by atoms with Crippen LogP contribution in [0, 0.1) is 0 Å². The number of nitrogens with zero attached hydrogens (tertiary/aromatic N) is 3. The molecule has 2 heterocycles. The molecule has 64 valence electrons. The Hall–Kier alpha value is -1.97. The molecular weight excluding hydrogens is 166 g/mol. The number of pyridine rings is 1. The van der Waals surface area contributed by atoms with Crippen molar-refractivity contribution in [1.82, 2.24) is 4.98 Å². The smallest absolute Gasteiger partial charge is 0.144 e. The number of hydrogen-bond acceptors (Lipinski definition) is 4. The lowest BCUT2D eigenvalue weighted by Crippen LogP contribution is -2.04. The largest absolute Gasteiger partial charge is 0.869 e. The molecule has 4 heteroatoms. The second-order valence-corrected chi connectivity index (χ2v) is 2.45. The third kappa shape index (κ3) is 1.46. The van der Waals surface area contributed by atoms with E-state index in [1.165, 1.54) is 18.6 Å². The van der Waals surface area contributed by atoms with Gasteiger partial charge in [0.2, 0.25) is 0 Å². The predicted molar refractivity (Wildman–Crippen MR) is 48.1 cm³/mol. The zero-order chi connectivity index (χ0) is 9.10. The number of rotatable bonds is 1. The van der Waals surface area contributed by atoms with Gasteiger partial charge in [-0.25, -0.2) is 9.98 Å². The molecular formula is C9H6N3O-. The van der Waals surface area contributed by atoms with E-state index in [1.807, 2.05) is 0 Å². The molecule has 1 aromatic rings. The van der Waals surface area contributed by atoms with Gasteiger partial charge >= 0.3 is 0 Å². The standard InChI is InChI=1S/C9H7N3O/c13-8(9-11-4-5-12-9)7-2-1-3-10-6-7/h1-6,13H/p-1. The van der Waals surface area contributed by atoms with E-state index in [2.05, 4.69) is 15.0 Å². The van der Waals surface area contributed by atoms with Gasteiger partial charge in [0.15, 0.2) is 0 Å². The summed E-state index contributed by atoms with van der Waals surface area (Å²) in [7, 11) is 0. The Morgan fingerprint density at radius 3 is 2.62 bits per heavy atom. The van der Waals surface area contributed by atoms with Crippen molar-refractivity contribution in [1.29, 1.82) is 0 Å². The van der Waals surface area contributed by atoms with Crippen LogP contribution < -0.4 is 5.11 Å². The van der Waals surface area contributed by atoms with Gasteiger partial charge in [0.05, 0.1) is 0 Å².